The van der Waals surface area contributed by atoms with Gasteiger partial charge in [-0.3, -0.25) is 9.78 Å². The summed E-state index contributed by atoms with van der Waals surface area (Å²) >= 11 is 2.21. The van der Waals surface area contributed by atoms with E-state index in [1.807, 2.05) is 18.2 Å². The van der Waals surface area contributed by atoms with Gasteiger partial charge in [-0.15, -0.1) is 0 Å². The normalized spacial score (nSPS) is 11.1. The number of nitrogens with one attached hydrogen (secondary N) is 1. The van der Waals surface area contributed by atoms with Crippen molar-refractivity contribution in [2.45, 2.75) is 0 Å². The van der Waals surface area contributed by atoms with E-state index < -0.39 is 0 Å². The molecule has 3 aromatic rings. The van der Waals surface area contributed by atoms with Crippen LogP contribution in [0.25, 0.3) is 21.8 Å². The predicted molar refractivity (Wildman–Crippen MR) is 72.6 cm³/mol. The van der Waals surface area contributed by atoms with Gasteiger partial charge in [0.2, 0.25) is 0 Å². The zero-order chi connectivity index (χ0) is 11.1. The molecule has 1 N–H and O–H groups in total. The van der Waals surface area contributed by atoms with Crippen molar-refractivity contribution in [3.05, 3.63) is 50.5 Å². The number of aromatic amines is 1. The molecular weight excluding hydrogens is 315 g/mol. The third-order valence-electron chi connectivity index (χ3n) is 2.56. The monoisotopic (exact) mass is 322 g/mol. The molecular formula is C12H7IN2O. The molecule has 0 aliphatic heterocycles. The van der Waals surface area contributed by atoms with Gasteiger partial charge in [0.1, 0.15) is 0 Å². The standard InChI is InChI=1S/C12H7IN2O/c13-9-5-1-3-7-10-8(4-2-6-14-10)12(16)15-11(7)9/h1-6H,(H,15,16). The summed E-state index contributed by atoms with van der Waals surface area (Å²) in [6, 6.07) is 9.48. The molecule has 3 rings (SSSR count). The Hall–Kier alpha value is -1.43. The fourth-order valence-corrected chi connectivity index (χ4v) is 2.47. The molecule has 0 radical (unpaired) electrons. The van der Waals surface area contributed by atoms with Gasteiger partial charge in [-0.1, -0.05) is 12.1 Å². The van der Waals surface area contributed by atoms with Gasteiger partial charge in [0.25, 0.3) is 5.56 Å². The number of benzene rings is 1. The van der Waals surface area contributed by atoms with Crippen LogP contribution in [-0.2, 0) is 0 Å². The smallest absolute Gasteiger partial charge is 0.257 e. The Morgan fingerprint density at radius 3 is 2.81 bits per heavy atom. The van der Waals surface area contributed by atoms with E-state index in [1.165, 1.54) is 0 Å². The van der Waals surface area contributed by atoms with Crippen molar-refractivity contribution in [1.29, 1.82) is 0 Å². The number of H-pyrrole nitrogens is 1. The van der Waals surface area contributed by atoms with E-state index >= 15 is 0 Å². The lowest BCUT2D eigenvalue weighted by atomic mass is 10.1. The SMILES string of the molecule is O=c1[nH]c2c(I)cccc2c2ncccc12. The van der Waals surface area contributed by atoms with Gasteiger partial charge < -0.3 is 4.98 Å². The van der Waals surface area contributed by atoms with Crippen LogP contribution in [0.1, 0.15) is 0 Å². The summed E-state index contributed by atoms with van der Waals surface area (Å²) in [6.45, 7) is 0. The molecule has 0 atom stereocenters. The van der Waals surface area contributed by atoms with Crippen LogP contribution in [0.15, 0.2) is 41.3 Å². The van der Waals surface area contributed by atoms with E-state index in [1.54, 1.807) is 18.3 Å². The van der Waals surface area contributed by atoms with Crippen LogP contribution in [0.4, 0.5) is 0 Å². The Labute approximate surface area is 105 Å². The van der Waals surface area contributed by atoms with Crippen LogP contribution in [0.5, 0.6) is 0 Å². The van der Waals surface area contributed by atoms with Crippen molar-refractivity contribution in [1.82, 2.24) is 9.97 Å². The quantitative estimate of drug-likeness (QED) is 0.511. The van der Waals surface area contributed by atoms with Crippen LogP contribution in [0.3, 0.4) is 0 Å². The maximum atomic E-state index is 11.8. The zero-order valence-electron chi connectivity index (χ0n) is 8.20. The number of aromatic nitrogens is 2. The molecule has 0 fully saturated rings. The van der Waals surface area contributed by atoms with E-state index in [-0.39, 0.29) is 5.56 Å². The van der Waals surface area contributed by atoms with Gasteiger partial charge in [0.15, 0.2) is 0 Å². The molecule has 2 heterocycles. The van der Waals surface area contributed by atoms with Gasteiger partial charge in [-0.05, 0) is 40.8 Å². The number of pyridine rings is 2. The highest BCUT2D eigenvalue weighted by atomic mass is 127. The minimum atomic E-state index is -0.0836. The third kappa shape index (κ3) is 1.33. The van der Waals surface area contributed by atoms with Crippen molar-refractivity contribution >= 4 is 44.4 Å². The maximum absolute atomic E-state index is 11.8. The first-order valence-electron chi connectivity index (χ1n) is 4.82. The average molecular weight is 322 g/mol. The molecule has 0 spiro atoms. The van der Waals surface area contributed by atoms with E-state index in [4.69, 9.17) is 0 Å². The largest absolute Gasteiger partial charge is 0.320 e. The fraction of sp³-hybridized carbons (Fsp3) is 0. The molecule has 0 unspecified atom stereocenters. The van der Waals surface area contributed by atoms with Gasteiger partial charge in [-0.25, -0.2) is 0 Å². The van der Waals surface area contributed by atoms with Gasteiger partial charge in [0.05, 0.1) is 16.4 Å². The highest BCUT2D eigenvalue weighted by molar-refractivity contribution is 14.1. The number of para-hydroxylation sites is 1. The van der Waals surface area contributed by atoms with Crippen molar-refractivity contribution in [2.75, 3.05) is 0 Å². The number of hydrogen-bond donors (Lipinski definition) is 1. The number of hydrogen-bond acceptors (Lipinski definition) is 2. The zero-order valence-corrected chi connectivity index (χ0v) is 10.4. The average Bonchev–Trinajstić information content (AvgIpc) is 2.31. The molecule has 0 aliphatic carbocycles. The van der Waals surface area contributed by atoms with E-state index in [0.717, 1.165) is 20.0 Å². The van der Waals surface area contributed by atoms with Crippen LogP contribution in [0, 0.1) is 3.57 Å². The Bertz CT molecular complexity index is 749. The van der Waals surface area contributed by atoms with Crippen molar-refractivity contribution in [3.63, 3.8) is 0 Å². The van der Waals surface area contributed by atoms with Crippen LogP contribution >= 0.6 is 22.6 Å². The second kappa shape index (κ2) is 3.55. The Kier molecular flexibility index (Phi) is 2.17. The number of nitrogens with zero attached hydrogens (tertiary/aromatic N) is 1. The Morgan fingerprint density at radius 1 is 1.12 bits per heavy atom. The van der Waals surface area contributed by atoms with Crippen LogP contribution in [-0.4, -0.2) is 9.97 Å². The highest BCUT2D eigenvalue weighted by Crippen LogP contribution is 2.22. The minimum Gasteiger partial charge on any atom is -0.320 e. The molecule has 2 aromatic heterocycles. The topological polar surface area (TPSA) is 45.8 Å². The summed E-state index contributed by atoms with van der Waals surface area (Å²) in [7, 11) is 0. The number of halogens is 1. The molecule has 1 aromatic carbocycles. The first-order chi connectivity index (χ1) is 7.77. The van der Waals surface area contributed by atoms with Crippen molar-refractivity contribution in [2.24, 2.45) is 0 Å². The molecule has 0 aliphatic rings. The van der Waals surface area contributed by atoms with Crippen molar-refractivity contribution < 1.29 is 0 Å². The summed E-state index contributed by atoms with van der Waals surface area (Å²) in [5, 5.41) is 1.62. The lowest BCUT2D eigenvalue weighted by Crippen LogP contribution is -2.07. The van der Waals surface area contributed by atoms with E-state index in [9.17, 15) is 4.79 Å². The lowest BCUT2D eigenvalue weighted by Gasteiger charge is -2.03. The first-order valence-corrected chi connectivity index (χ1v) is 5.90. The Morgan fingerprint density at radius 2 is 1.94 bits per heavy atom. The molecule has 4 heteroatoms. The summed E-state index contributed by atoms with van der Waals surface area (Å²) in [4.78, 5) is 19.0. The summed E-state index contributed by atoms with van der Waals surface area (Å²) < 4.78 is 1.03. The second-order valence-corrected chi connectivity index (χ2v) is 4.68. The van der Waals surface area contributed by atoms with Crippen LogP contribution < -0.4 is 5.56 Å². The molecule has 0 bridgehead atoms. The third-order valence-corrected chi connectivity index (χ3v) is 3.46. The lowest BCUT2D eigenvalue weighted by molar-refractivity contribution is 1.31. The summed E-state index contributed by atoms with van der Waals surface area (Å²) in [5.74, 6) is 0. The van der Waals surface area contributed by atoms with E-state index in [0.29, 0.717) is 5.39 Å². The summed E-state index contributed by atoms with van der Waals surface area (Å²) in [5.41, 5.74) is 1.54. The fourth-order valence-electron chi connectivity index (χ4n) is 1.83. The van der Waals surface area contributed by atoms with Gasteiger partial charge in [-0.2, -0.15) is 0 Å². The number of fused-ring (bicyclic) bond motifs is 3. The molecule has 0 amide bonds. The van der Waals surface area contributed by atoms with Crippen LogP contribution in [0.2, 0.25) is 0 Å². The molecule has 0 saturated heterocycles. The minimum absolute atomic E-state index is 0.0836. The predicted octanol–water partition coefficient (Wildman–Crippen LogP) is 2.68. The molecule has 3 nitrogen and oxygen atoms in total. The first kappa shape index (κ1) is 9.77. The maximum Gasteiger partial charge on any atom is 0.257 e. The Balaban J connectivity index is 2.70. The summed E-state index contributed by atoms with van der Waals surface area (Å²) in [6.07, 6.45) is 1.71. The molecule has 78 valence electrons. The number of rotatable bonds is 0. The molecule has 16 heavy (non-hydrogen) atoms. The van der Waals surface area contributed by atoms with E-state index in [2.05, 4.69) is 32.6 Å². The highest BCUT2D eigenvalue weighted by Gasteiger charge is 2.06. The van der Waals surface area contributed by atoms with Crippen molar-refractivity contribution in [3.8, 4) is 0 Å². The van der Waals surface area contributed by atoms with Gasteiger partial charge in [0, 0.05) is 15.2 Å². The van der Waals surface area contributed by atoms with Gasteiger partial charge >= 0.3 is 0 Å². The second-order valence-electron chi connectivity index (χ2n) is 3.52. The molecule has 0 saturated carbocycles.